The number of aliphatic hydroxyl groups is 1. The summed E-state index contributed by atoms with van der Waals surface area (Å²) in [4.78, 5) is 37.5. The number of anilines is 1. The molecule has 3 N–H and O–H groups in total. The first-order valence-electron chi connectivity index (χ1n) is 8.10. The molecule has 0 atom stereocenters. The number of hydrogen-bond donors (Lipinski definition) is 3. The van der Waals surface area contributed by atoms with Crippen molar-refractivity contribution in [2.75, 3.05) is 38.7 Å². The number of methoxy groups -OCH3 is 1. The zero-order valence-electron chi connectivity index (χ0n) is 14.8. The predicted molar refractivity (Wildman–Crippen MR) is 91.2 cm³/mol. The van der Waals surface area contributed by atoms with Crippen LogP contribution in [-0.2, 0) is 14.3 Å². The zero-order chi connectivity index (χ0) is 20.9. The first-order chi connectivity index (χ1) is 13.2. The van der Waals surface area contributed by atoms with Gasteiger partial charge in [0.25, 0.3) is 11.8 Å². The lowest BCUT2D eigenvalue weighted by molar-refractivity contribution is -0.136. The smallest absolute Gasteiger partial charge is 0.405 e. The van der Waals surface area contributed by atoms with Gasteiger partial charge < -0.3 is 25.4 Å². The Morgan fingerprint density at radius 3 is 2.64 bits per heavy atom. The molecule has 0 spiro atoms. The molecule has 2 amide bonds. The van der Waals surface area contributed by atoms with Crippen LogP contribution < -0.4 is 10.6 Å². The van der Waals surface area contributed by atoms with Crippen LogP contribution in [0.1, 0.15) is 10.4 Å². The van der Waals surface area contributed by atoms with Gasteiger partial charge in [-0.25, -0.2) is 4.79 Å². The maximum absolute atomic E-state index is 12.4. The molecule has 0 bridgehead atoms. The summed E-state index contributed by atoms with van der Waals surface area (Å²) in [5.41, 5.74) is 0.100. The maximum atomic E-state index is 12.4. The van der Waals surface area contributed by atoms with E-state index in [-0.39, 0.29) is 42.2 Å². The van der Waals surface area contributed by atoms with E-state index in [2.05, 4.69) is 10.1 Å². The van der Waals surface area contributed by atoms with Gasteiger partial charge in [0, 0.05) is 17.8 Å². The predicted octanol–water partition coefficient (Wildman–Crippen LogP) is 0.652. The van der Waals surface area contributed by atoms with Crippen molar-refractivity contribution in [1.82, 2.24) is 10.2 Å². The van der Waals surface area contributed by atoms with Gasteiger partial charge >= 0.3 is 12.1 Å². The topological polar surface area (TPSA) is 108 Å². The Balaban J connectivity index is 2.22. The number of benzene rings is 1. The molecule has 0 saturated carbocycles. The zero-order valence-corrected chi connectivity index (χ0v) is 14.8. The second-order valence-corrected chi connectivity index (χ2v) is 5.80. The summed E-state index contributed by atoms with van der Waals surface area (Å²) in [7, 11) is 1.15. The Kier molecular flexibility index (Phi) is 6.62. The third kappa shape index (κ3) is 5.22. The number of carbonyl (C=O) groups excluding carboxylic acids is 3. The second-order valence-electron chi connectivity index (χ2n) is 5.80. The molecule has 11 heteroatoms. The molecule has 1 aromatic carbocycles. The summed E-state index contributed by atoms with van der Waals surface area (Å²) in [5.74, 6) is -2.24. The van der Waals surface area contributed by atoms with Crippen LogP contribution >= 0.6 is 0 Å². The molecule has 0 unspecified atom stereocenters. The van der Waals surface area contributed by atoms with E-state index in [0.717, 1.165) is 7.11 Å². The molecule has 0 aromatic heterocycles. The van der Waals surface area contributed by atoms with E-state index < -0.39 is 30.5 Å². The molecule has 1 aliphatic rings. The van der Waals surface area contributed by atoms with E-state index in [1.54, 1.807) is 5.32 Å². The van der Waals surface area contributed by atoms with E-state index in [4.69, 9.17) is 5.11 Å². The van der Waals surface area contributed by atoms with Crippen LogP contribution in [0.25, 0.3) is 0 Å². The van der Waals surface area contributed by atoms with Gasteiger partial charge in [-0.05, 0) is 18.2 Å². The Morgan fingerprint density at radius 2 is 2.04 bits per heavy atom. The van der Waals surface area contributed by atoms with Crippen molar-refractivity contribution in [3.8, 4) is 0 Å². The van der Waals surface area contributed by atoms with Gasteiger partial charge in [-0.2, -0.15) is 13.2 Å². The van der Waals surface area contributed by atoms with Crippen LogP contribution in [0.5, 0.6) is 0 Å². The fourth-order valence-electron chi connectivity index (χ4n) is 2.51. The van der Waals surface area contributed by atoms with Gasteiger partial charge in [0.05, 0.1) is 25.8 Å². The molecule has 1 heterocycles. The molecule has 152 valence electrons. The van der Waals surface area contributed by atoms with Crippen LogP contribution in [0.4, 0.5) is 18.9 Å². The van der Waals surface area contributed by atoms with E-state index >= 15 is 0 Å². The quantitative estimate of drug-likeness (QED) is 0.579. The second kappa shape index (κ2) is 8.74. The van der Waals surface area contributed by atoms with E-state index in [9.17, 15) is 27.6 Å². The molecule has 0 radical (unpaired) electrons. The highest BCUT2D eigenvalue weighted by Gasteiger charge is 2.34. The standard InChI is InChI=1S/C17H18F3N3O5/c1-28-16(27)12-8-23(5-6-24)15(26)13(12)22-11-4-2-3-10(7-11)14(25)21-9-17(18,19)20/h2-4,7,22,24H,5-6,8-9H2,1H3,(H,21,25). The molecule has 0 aliphatic carbocycles. The average molecular weight is 401 g/mol. The molecule has 28 heavy (non-hydrogen) atoms. The molecular weight excluding hydrogens is 383 g/mol. The summed E-state index contributed by atoms with van der Waals surface area (Å²) in [6, 6.07) is 5.44. The lowest BCUT2D eigenvalue weighted by Gasteiger charge is -2.15. The number of nitrogens with zero attached hydrogens (tertiary/aromatic N) is 1. The van der Waals surface area contributed by atoms with Crippen LogP contribution in [0.15, 0.2) is 35.5 Å². The Hall–Kier alpha value is -3.08. The number of nitrogens with one attached hydrogen (secondary N) is 2. The molecule has 1 aliphatic heterocycles. The SMILES string of the molecule is COC(=O)C1=C(Nc2cccc(C(=O)NCC(F)(F)F)c2)C(=O)N(CCO)C1. The minimum atomic E-state index is -4.54. The third-order valence-electron chi connectivity index (χ3n) is 3.80. The molecule has 0 fully saturated rings. The monoisotopic (exact) mass is 401 g/mol. The number of amides is 2. The van der Waals surface area contributed by atoms with Gasteiger partial charge in [-0.1, -0.05) is 6.07 Å². The van der Waals surface area contributed by atoms with Gasteiger partial charge in [-0.3, -0.25) is 9.59 Å². The highest BCUT2D eigenvalue weighted by Crippen LogP contribution is 2.23. The molecule has 0 saturated heterocycles. The normalized spacial score (nSPS) is 14.3. The fourth-order valence-corrected chi connectivity index (χ4v) is 2.51. The summed E-state index contributed by atoms with van der Waals surface area (Å²) in [6.45, 7) is -1.84. The first kappa shape index (κ1) is 21.2. The number of halogens is 3. The first-order valence-corrected chi connectivity index (χ1v) is 8.10. The van der Waals surface area contributed by atoms with Crippen LogP contribution in [0.2, 0.25) is 0 Å². The van der Waals surface area contributed by atoms with Crippen molar-refractivity contribution in [3.05, 3.63) is 41.1 Å². The number of hydrogen-bond acceptors (Lipinski definition) is 6. The molecular formula is C17H18F3N3O5. The van der Waals surface area contributed by atoms with Crippen LogP contribution in [-0.4, -0.2) is 67.3 Å². The van der Waals surface area contributed by atoms with Crippen molar-refractivity contribution in [1.29, 1.82) is 0 Å². The highest BCUT2D eigenvalue weighted by molar-refractivity contribution is 6.08. The lowest BCUT2D eigenvalue weighted by Crippen LogP contribution is -2.33. The van der Waals surface area contributed by atoms with Crippen molar-refractivity contribution in [2.45, 2.75) is 6.18 Å². The minimum absolute atomic E-state index is 0.00436. The maximum Gasteiger partial charge on any atom is 0.405 e. The van der Waals surface area contributed by atoms with Gasteiger partial charge in [0.2, 0.25) is 0 Å². The van der Waals surface area contributed by atoms with Crippen LogP contribution in [0, 0.1) is 0 Å². The van der Waals surface area contributed by atoms with Gasteiger partial charge in [-0.15, -0.1) is 0 Å². The molecule has 1 aromatic rings. The van der Waals surface area contributed by atoms with E-state index in [1.165, 1.54) is 29.2 Å². The number of ether oxygens (including phenoxy) is 1. The Morgan fingerprint density at radius 1 is 1.32 bits per heavy atom. The van der Waals surface area contributed by atoms with Gasteiger partial charge in [0.15, 0.2) is 0 Å². The third-order valence-corrected chi connectivity index (χ3v) is 3.80. The van der Waals surface area contributed by atoms with E-state index in [1.807, 2.05) is 0 Å². The molecule has 8 nitrogen and oxygen atoms in total. The highest BCUT2D eigenvalue weighted by atomic mass is 19.4. The van der Waals surface area contributed by atoms with Crippen molar-refractivity contribution in [2.24, 2.45) is 0 Å². The van der Waals surface area contributed by atoms with Crippen molar-refractivity contribution >= 4 is 23.5 Å². The molecule has 2 rings (SSSR count). The Labute approximate surface area is 157 Å². The average Bonchev–Trinajstić information content (AvgIpc) is 2.95. The number of alkyl halides is 3. The van der Waals surface area contributed by atoms with Crippen molar-refractivity contribution < 1.29 is 37.4 Å². The van der Waals surface area contributed by atoms with Crippen LogP contribution in [0.3, 0.4) is 0 Å². The number of aliphatic hydroxyl groups excluding tert-OH is 1. The Bertz CT molecular complexity index is 807. The van der Waals surface area contributed by atoms with Crippen molar-refractivity contribution in [3.63, 3.8) is 0 Å². The summed E-state index contributed by atoms with van der Waals surface area (Å²) in [6.07, 6.45) is -4.54. The number of rotatable bonds is 7. The number of β-amino-alcohol motifs (C(OH)–C–C–N with tert-alkyl or cyclic N) is 1. The summed E-state index contributed by atoms with van der Waals surface area (Å²) < 4.78 is 41.4. The summed E-state index contributed by atoms with van der Waals surface area (Å²) in [5, 5.41) is 13.5. The minimum Gasteiger partial charge on any atom is -0.466 e. The van der Waals surface area contributed by atoms with Gasteiger partial charge in [0.1, 0.15) is 12.2 Å². The summed E-state index contributed by atoms with van der Waals surface area (Å²) >= 11 is 0. The largest absolute Gasteiger partial charge is 0.466 e. The lowest BCUT2D eigenvalue weighted by atomic mass is 10.1. The number of esters is 1. The van der Waals surface area contributed by atoms with E-state index in [0.29, 0.717) is 0 Å². The number of carbonyl (C=O) groups is 3. The fraction of sp³-hybridized carbons (Fsp3) is 0.353.